The minimum Gasteiger partial charge on any atom is -0.355 e. The predicted octanol–water partition coefficient (Wildman–Crippen LogP) is -0.262. The molecule has 1 atom stereocenters. The van der Waals surface area contributed by atoms with Crippen molar-refractivity contribution in [2.24, 2.45) is 5.92 Å². The van der Waals surface area contributed by atoms with E-state index in [0.29, 0.717) is 18.5 Å². The first-order valence-corrected chi connectivity index (χ1v) is 7.59. The van der Waals surface area contributed by atoms with Crippen molar-refractivity contribution in [2.45, 2.75) is 26.3 Å². The Bertz CT molecular complexity index is 289. The van der Waals surface area contributed by atoms with Gasteiger partial charge in [-0.2, -0.15) is 0 Å². The van der Waals surface area contributed by atoms with Gasteiger partial charge in [-0.05, 0) is 32.7 Å². The minimum absolute atomic E-state index is 0.185. The molecule has 2 N–H and O–H groups in total. The zero-order chi connectivity index (χ0) is 13.7. The fourth-order valence-electron chi connectivity index (χ4n) is 2.88. The monoisotopic (exact) mass is 268 g/mol. The van der Waals surface area contributed by atoms with Crippen molar-refractivity contribution in [1.29, 1.82) is 0 Å². The third kappa shape index (κ3) is 4.75. The van der Waals surface area contributed by atoms with Crippen LogP contribution in [0.5, 0.6) is 0 Å². The van der Waals surface area contributed by atoms with E-state index in [0.717, 1.165) is 39.3 Å². The van der Waals surface area contributed by atoms with Gasteiger partial charge in [0.25, 0.3) is 0 Å². The van der Waals surface area contributed by atoms with Crippen LogP contribution < -0.4 is 10.6 Å². The fourth-order valence-corrected chi connectivity index (χ4v) is 2.88. The van der Waals surface area contributed by atoms with Crippen molar-refractivity contribution in [3.05, 3.63) is 0 Å². The van der Waals surface area contributed by atoms with Gasteiger partial charge < -0.3 is 15.5 Å². The quantitative estimate of drug-likeness (QED) is 0.721. The van der Waals surface area contributed by atoms with E-state index in [9.17, 15) is 4.79 Å². The number of carbonyl (C=O) groups is 1. The molecule has 2 heterocycles. The highest BCUT2D eigenvalue weighted by atomic mass is 16.2. The Hall–Kier alpha value is -0.650. The molecular formula is C14H28N4O. The first-order valence-electron chi connectivity index (χ1n) is 7.59. The summed E-state index contributed by atoms with van der Waals surface area (Å²) >= 11 is 0. The third-order valence-corrected chi connectivity index (χ3v) is 4.21. The second-order valence-electron chi connectivity index (χ2n) is 6.07. The Labute approximate surface area is 116 Å². The van der Waals surface area contributed by atoms with E-state index in [1.54, 1.807) is 0 Å². The highest BCUT2D eigenvalue weighted by Gasteiger charge is 2.24. The van der Waals surface area contributed by atoms with Crippen molar-refractivity contribution in [3.63, 3.8) is 0 Å². The largest absolute Gasteiger partial charge is 0.355 e. The molecule has 2 rings (SSSR count). The van der Waals surface area contributed by atoms with Gasteiger partial charge in [-0.1, -0.05) is 0 Å². The summed E-state index contributed by atoms with van der Waals surface area (Å²) in [6.45, 7) is 12.2. The standard InChI is InChI=1S/C14H28N4O/c1-12(2)18-6-3-13(10-18)9-16-14(19)11-17-7-4-15-5-8-17/h12-13,15H,3-11H2,1-2H3,(H,16,19)/t13-/m1/s1. The summed E-state index contributed by atoms with van der Waals surface area (Å²) in [7, 11) is 0. The van der Waals surface area contributed by atoms with Gasteiger partial charge >= 0.3 is 0 Å². The average Bonchev–Trinajstić information content (AvgIpc) is 2.86. The summed E-state index contributed by atoms with van der Waals surface area (Å²) in [6.07, 6.45) is 1.21. The molecule has 0 aromatic carbocycles. The van der Waals surface area contributed by atoms with Gasteiger partial charge in [-0.15, -0.1) is 0 Å². The molecule has 5 nitrogen and oxygen atoms in total. The average molecular weight is 268 g/mol. The molecule has 110 valence electrons. The van der Waals surface area contributed by atoms with Crippen LogP contribution >= 0.6 is 0 Å². The lowest BCUT2D eigenvalue weighted by molar-refractivity contribution is -0.122. The van der Waals surface area contributed by atoms with Crippen LogP contribution in [-0.2, 0) is 4.79 Å². The van der Waals surface area contributed by atoms with E-state index >= 15 is 0 Å². The van der Waals surface area contributed by atoms with Crippen molar-refractivity contribution in [3.8, 4) is 0 Å². The van der Waals surface area contributed by atoms with Gasteiger partial charge in [0, 0.05) is 45.3 Å². The van der Waals surface area contributed by atoms with Gasteiger partial charge in [-0.25, -0.2) is 0 Å². The molecule has 0 radical (unpaired) electrons. The summed E-state index contributed by atoms with van der Waals surface area (Å²) in [5.74, 6) is 0.819. The number of nitrogens with zero attached hydrogens (tertiary/aromatic N) is 2. The molecule has 0 aromatic heterocycles. The van der Waals surface area contributed by atoms with E-state index in [1.165, 1.54) is 13.0 Å². The molecule has 2 saturated heterocycles. The molecule has 19 heavy (non-hydrogen) atoms. The molecule has 0 bridgehead atoms. The van der Waals surface area contributed by atoms with Crippen molar-refractivity contribution >= 4 is 5.91 Å². The predicted molar refractivity (Wildman–Crippen MR) is 77.1 cm³/mol. The summed E-state index contributed by atoms with van der Waals surface area (Å²) in [4.78, 5) is 16.6. The third-order valence-electron chi connectivity index (χ3n) is 4.21. The molecule has 0 saturated carbocycles. The van der Waals surface area contributed by atoms with Crippen LogP contribution in [0.2, 0.25) is 0 Å². The molecule has 0 spiro atoms. The maximum atomic E-state index is 11.9. The molecule has 0 aliphatic carbocycles. The van der Waals surface area contributed by atoms with Crippen LogP contribution in [0.15, 0.2) is 0 Å². The van der Waals surface area contributed by atoms with E-state index in [2.05, 4.69) is 34.3 Å². The lowest BCUT2D eigenvalue weighted by Gasteiger charge is -2.26. The second-order valence-corrected chi connectivity index (χ2v) is 6.07. The first-order chi connectivity index (χ1) is 9.15. The number of likely N-dealkylation sites (tertiary alicyclic amines) is 1. The summed E-state index contributed by atoms with van der Waals surface area (Å²) < 4.78 is 0. The molecule has 2 aliphatic rings. The molecule has 0 unspecified atom stereocenters. The van der Waals surface area contributed by atoms with Crippen molar-refractivity contribution in [2.75, 3.05) is 52.4 Å². The van der Waals surface area contributed by atoms with Crippen LogP contribution in [0.4, 0.5) is 0 Å². The first kappa shape index (κ1) is 14.8. The van der Waals surface area contributed by atoms with Gasteiger partial charge in [0.05, 0.1) is 6.54 Å². The van der Waals surface area contributed by atoms with E-state index in [-0.39, 0.29) is 5.91 Å². The summed E-state index contributed by atoms with van der Waals surface area (Å²) in [5.41, 5.74) is 0. The molecule has 1 amide bonds. The molecule has 0 aromatic rings. The van der Waals surface area contributed by atoms with Crippen LogP contribution in [0, 0.1) is 5.92 Å². The normalized spacial score (nSPS) is 25.9. The zero-order valence-electron chi connectivity index (χ0n) is 12.3. The molecule has 2 fully saturated rings. The number of carbonyl (C=O) groups excluding carboxylic acids is 1. The number of hydrogen-bond donors (Lipinski definition) is 2. The Kier molecular flexibility index (Phi) is 5.60. The van der Waals surface area contributed by atoms with Crippen LogP contribution in [-0.4, -0.2) is 74.1 Å². The number of rotatable bonds is 5. The number of piperazine rings is 1. The van der Waals surface area contributed by atoms with Crippen LogP contribution in [0.3, 0.4) is 0 Å². The van der Waals surface area contributed by atoms with E-state index < -0.39 is 0 Å². The zero-order valence-corrected chi connectivity index (χ0v) is 12.3. The highest BCUT2D eigenvalue weighted by molar-refractivity contribution is 5.78. The minimum atomic E-state index is 0.185. The Morgan fingerprint density at radius 3 is 2.68 bits per heavy atom. The SMILES string of the molecule is CC(C)N1CC[C@H](CNC(=O)CN2CCNCC2)C1. The maximum absolute atomic E-state index is 11.9. The fraction of sp³-hybridized carbons (Fsp3) is 0.929. The van der Waals surface area contributed by atoms with Gasteiger partial charge in [0.1, 0.15) is 0 Å². The second kappa shape index (κ2) is 7.22. The van der Waals surface area contributed by atoms with Crippen molar-refractivity contribution in [1.82, 2.24) is 20.4 Å². The number of amides is 1. The molecule has 2 aliphatic heterocycles. The van der Waals surface area contributed by atoms with Gasteiger partial charge in [-0.3, -0.25) is 9.69 Å². The summed E-state index contributed by atoms with van der Waals surface area (Å²) in [6, 6.07) is 0.626. The van der Waals surface area contributed by atoms with Gasteiger partial charge in [0.2, 0.25) is 5.91 Å². The Morgan fingerprint density at radius 2 is 2.05 bits per heavy atom. The van der Waals surface area contributed by atoms with E-state index in [4.69, 9.17) is 0 Å². The van der Waals surface area contributed by atoms with Crippen LogP contribution in [0.25, 0.3) is 0 Å². The highest BCUT2D eigenvalue weighted by Crippen LogP contribution is 2.17. The maximum Gasteiger partial charge on any atom is 0.234 e. The lowest BCUT2D eigenvalue weighted by Crippen LogP contribution is -2.48. The number of nitrogens with one attached hydrogen (secondary N) is 2. The topological polar surface area (TPSA) is 47.6 Å². The Balaban J connectivity index is 1.61. The van der Waals surface area contributed by atoms with Crippen LogP contribution in [0.1, 0.15) is 20.3 Å². The molecular weight excluding hydrogens is 240 g/mol. The summed E-state index contributed by atoms with van der Waals surface area (Å²) in [5, 5.41) is 6.40. The van der Waals surface area contributed by atoms with Gasteiger partial charge in [0.15, 0.2) is 0 Å². The van der Waals surface area contributed by atoms with Crippen molar-refractivity contribution < 1.29 is 4.79 Å². The Morgan fingerprint density at radius 1 is 1.32 bits per heavy atom. The molecule has 5 heteroatoms. The lowest BCUT2D eigenvalue weighted by atomic mass is 10.1. The van der Waals surface area contributed by atoms with E-state index in [1.807, 2.05) is 0 Å². The smallest absolute Gasteiger partial charge is 0.234 e. The number of hydrogen-bond acceptors (Lipinski definition) is 4.